The number of fused-ring (bicyclic) bond motifs is 1. The normalized spacial score (nSPS) is 28.6. The second-order valence-electron chi connectivity index (χ2n) is 8.58. The Morgan fingerprint density at radius 2 is 1.97 bits per heavy atom. The summed E-state index contributed by atoms with van der Waals surface area (Å²) in [5.41, 5.74) is 0.927. The molecule has 0 bridgehead atoms. The molecule has 4 amide bonds. The van der Waals surface area contributed by atoms with E-state index >= 15 is 0 Å². The van der Waals surface area contributed by atoms with Crippen LogP contribution in [0.25, 0.3) is 0 Å². The first kappa shape index (κ1) is 22.9. The van der Waals surface area contributed by atoms with Crippen LogP contribution < -0.4 is 20.7 Å². The van der Waals surface area contributed by atoms with E-state index in [1.807, 2.05) is 24.3 Å². The van der Waals surface area contributed by atoms with Crippen molar-refractivity contribution >= 4 is 29.6 Å². The molecule has 1 saturated carbocycles. The van der Waals surface area contributed by atoms with Gasteiger partial charge in [0, 0.05) is 20.1 Å². The van der Waals surface area contributed by atoms with Gasteiger partial charge in [0.1, 0.15) is 5.75 Å². The van der Waals surface area contributed by atoms with Gasteiger partial charge in [-0.3, -0.25) is 25.1 Å². The zero-order valence-electron chi connectivity index (χ0n) is 18.7. The maximum atomic E-state index is 13.1. The molecule has 1 aromatic rings. The number of thioether (sulfide) groups is 1. The molecule has 1 aliphatic carbocycles. The third-order valence-corrected chi connectivity index (χ3v) is 7.72. The highest BCUT2D eigenvalue weighted by Gasteiger charge is 2.51. The van der Waals surface area contributed by atoms with Crippen molar-refractivity contribution < 1.29 is 19.1 Å². The average molecular weight is 462 g/mol. The SMILES string of the molecule is COc1cccc(C2NC(SCC(=O)NC3CCCC3)C3C(=O)N(C)C(=O)N(C)C3N2)c1. The summed E-state index contributed by atoms with van der Waals surface area (Å²) in [5, 5.41) is 9.65. The van der Waals surface area contributed by atoms with E-state index in [2.05, 4.69) is 16.0 Å². The summed E-state index contributed by atoms with van der Waals surface area (Å²) in [7, 11) is 4.80. The van der Waals surface area contributed by atoms with Gasteiger partial charge in [0.15, 0.2) is 0 Å². The van der Waals surface area contributed by atoms with Crippen LogP contribution in [0.15, 0.2) is 24.3 Å². The summed E-state index contributed by atoms with van der Waals surface area (Å²) in [4.78, 5) is 40.9. The highest BCUT2D eigenvalue weighted by molar-refractivity contribution is 8.00. The fourth-order valence-electron chi connectivity index (χ4n) is 4.72. The molecule has 4 atom stereocenters. The number of rotatable bonds is 6. The molecule has 4 unspecified atom stereocenters. The minimum absolute atomic E-state index is 0.0160. The van der Waals surface area contributed by atoms with Gasteiger partial charge in [-0.2, -0.15) is 0 Å². The van der Waals surface area contributed by atoms with Crippen molar-refractivity contribution in [3.05, 3.63) is 29.8 Å². The lowest BCUT2D eigenvalue weighted by Crippen LogP contribution is -2.72. The van der Waals surface area contributed by atoms with Crippen molar-refractivity contribution in [2.75, 3.05) is 27.0 Å². The molecular weight excluding hydrogens is 430 g/mol. The number of hydrogen-bond acceptors (Lipinski definition) is 7. The van der Waals surface area contributed by atoms with Gasteiger partial charge in [0.05, 0.1) is 36.5 Å². The van der Waals surface area contributed by atoms with Crippen molar-refractivity contribution in [1.29, 1.82) is 0 Å². The number of nitrogens with one attached hydrogen (secondary N) is 3. The van der Waals surface area contributed by atoms with Gasteiger partial charge in [0.25, 0.3) is 0 Å². The number of benzene rings is 1. The van der Waals surface area contributed by atoms with Gasteiger partial charge in [0.2, 0.25) is 11.8 Å². The number of urea groups is 1. The summed E-state index contributed by atoms with van der Waals surface area (Å²) >= 11 is 1.41. The third-order valence-electron chi connectivity index (χ3n) is 6.50. The number of carbonyl (C=O) groups is 3. The second-order valence-corrected chi connectivity index (χ2v) is 9.71. The topological polar surface area (TPSA) is 103 Å². The van der Waals surface area contributed by atoms with E-state index in [1.165, 1.54) is 18.8 Å². The lowest BCUT2D eigenvalue weighted by atomic mass is 9.96. The maximum absolute atomic E-state index is 13.1. The first-order valence-electron chi connectivity index (χ1n) is 11.0. The Morgan fingerprint density at radius 1 is 1.22 bits per heavy atom. The van der Waals surface area contributed by atoms with Gasteiger partial charge < -0.3 is 15.0 Å². The van der Waals surface area contributed by atoms with Gasteiger partial charge in [-0.05, 0) is 30.5 Å². The molecule has 4 rings (SSSR count). The monoisotopic (exact) mass is 461 g/mol. The van der Waals surface area contributed by atoms with Crippen LogP contribution in [0, 0.1) is 5.92 Å². The van der Waals surface area contributed by atoms with Crippen LogP contribution in [0.5, 0.6) is 5.75 Å². The number of imide groups is 1. The van der Waals surface area contributed by atoms with Crippen molar-refractivity contribution in [2.45, 2.75) is 49.4 Å². The van der Waals surface area contributed by atoms with Gasteiger partial charge in [-0.1, -0.05) is 25.0 Å². The van der Waals surface area contributed by atoms with Gasteiger partial charge in [-0.25, -0.2) is 4.79 Å². The van der Waals surface area contributed by atoms with Crippen LogP contribution >= 0.6 is 11.8 Å². The maximum Gasteiger partial charge on any atom is 0.327 e. The predicted molar refractivity (Wildman–Crippen MR) is 122 cm³/mol. The summed E-state index contributed by atoms with van der Waals surface area (Å²) in [6.45, 7) is 0. The number of nitrogens with zero attached hydrogens (tertiary/aromatic N) is 2. The lowest BCUT2D eigenvalue weighted by Gasteiger charge is -2.50. The van der Waals surface area contributed by atoms with Crippen molar-refractivity contribution in [3.8, 4) is 5.75 Å². The Bertz CT molecular complexity index is 878. The molecule has 0 aromatic heterocycles. The fourth-order valence-corrected chi connectivity index (χ4v) is 5.84. The van der Waals surface area contributed by atoms with Crippen LogP contribution in [0.3, 0.4) is 0 Å². The number of amides is 4. The average Bonchev–Trinajstić information content (AvgIpc) is 3.32. The fraction of sp³-hybridized carbons (Fsp3) is 0.591. The summed E-state index contributed by atoms with van der Waals surface area (Å²) in [6.07, 6.45) is 3.57. The van der Waals surface area contributed by atoms with E-state index in [1.54, 1.807) is 19.1 Å². The summed E-state index contributed by atoms with van der Waals surface area (Å²) in [5.74, 6) is 0.177. The number of methoxy groups -OCH3 is 1. The van der Waals surface area contributed by atoms with Crippen LogP contribution in [0.2, 0.25) is 0 Å². The van der Waals surface area contributed by atoms with E-state index in [0.717, 1.165) is 41.9 Å². The van der Waals surface area contributed by atoms with Gasteiger partial charge in [-0.15, -0.1) is 11.8 Å². The molecule has 32 heavy (non-hydrogen) atoms. The summed E-state index contributed by atoms with van der Waals surface area (Å²) in [6, 6.07) is 7.54. The molecule has 0 radical (unpaired) electrons. The third kappa shape index (κ3) is 4.57. The largest absolute Gasteiger partial charge is 0.497 e. The van der Waals surface area contributed by atoms with Crippen molar-refractivity contribution in [2.24, 2.45) is 5.92 Å². The standard InChI is InChI=1S/C22H31N5O4S/c1-26-19-17(21(29)27(2)22(26)30)20(32-12-16(28)23-14-8-4-5-9-14)25-18(24-19)13-7-6-10-15(11-13)31-3/h6-7,10-11,14,17-20,24-25H,4-5,8-9,12H2,1-3H3,(H,23,28). The quantitative estimate of drug-likeness (QED) is 0.590. The Balaban J connectivity index is 1.53. The molecule has 2 saturated heterocycles. The Kier molecular flexibility index (Phi) is 6.92. The van der Waals surface area contributed by atoms with Crippen molar-refractivity contribution in [3.63, 3.8) is 0 Å². The predicted octanol–water partition coefficient (Wildman–Crippen LogP) is 1.47. The molecule has 0 spiro atoms. The molecule has 3 fully saturated rings. The second kappa shape index (κ2) is 9.68. The molecule has 1 aromatic carbocycles. The molecule has 174 valence electrons. The van der Waals surface area contributed by atoms with E-state index in [0.29, 0.717) is 0 Å². The van der Waals surface area contributed by atoms with E-state index in [9.17, 15) is 14.4 Å². The minimum atomic E-state index is -0.520. The van der Waals surface area contributed by atoms with Crippen LogP contribution in [-0.4, -0.2) is 72.2 Å². The van der Waals surface area contributed by atoms with Crippen LogP contribution in [0.1, 0.15) is 37.4 Å². The van der Waals surface area contributed by atoms with E-state index in [4.69, 9.17) is 4.74 Å². The van der Waals surface area contributed by atoms with Crippen LogP contribution in [-0.2, 0) is 9.59 Å². The number of hydrogen-bond donors (Lipinski definition) is 3. The summed E-state index contributed by atoms with van der Waals surface area (Å²) < 4.78 is 5.35. The Hall–Kier alpha value is -2.30. The van der Waals surface area contributed by atoms with Crippen LogP contribution in [0.4, 0.5) is 4.79 Å². The lowest BCUT2D eigenvalue weighted by molar-refractivity contribution is -0.140. The first-order chi connectivity index (χ1) is 15.4. The molecule has 3 N–H and O–H groups in total. The molecule has 9 nitrogen and oxygen atoms in total. The Morgan fingerprint density at radius 3 is 2.69 bits per heavy atom. The highest BCUT2D eigenvalue weighted by atomic mass is 32.2. The Labute approximate surface area is 192 Å². The molecule has 3 aliphatic rings. The molecule has 2 heterocycles. The van der Waals surface area contributed by atoms with Crippen molar-refractivity contribution in [1.82, 2.24) is 25.8 Å². The smallest absolute Gasteiger partial charge is 0.327 e. The highest BCUT2D eigenvalue weighted by Crippen LogP contribution is 2.35. The molecular formula is C22H31N5O4S. The molecule has 10 heteroatoms. The van der Waals surface area contributed by atoms with E-state index in [-0.39, 0.29) is 41.2 Å². The zero-order valence-corrected chi connectivity index (χ0v) is 19.5. The number of carbonyl (C=O) groups excluding carboxylic acids is 3. The minimum Gasteiger partial charge on any atom is -0.497 e. The molecule has 2 aliphatic heterocycles. The first-order valence-corrected chi connectivity index (χ1v) is 12.1. The zero-order chi connectivity index (χ0) is 22.8. The number of ether oxygens (including phenoxy) is 1. The van der Waals surface area contributed by atoms with Gasteiger partial charge >= 0.3 is 6.03 Å². The van der Waals surface area contributed by atoms with E-state index < -0.39 is 12.1 Å².